The molecule has 0 radical (unpaired) electrons. The third-order valence-electron chi connectivity index (χ3n) is 1.81. The molecule has 1 amide bonds. The highest BCUT2D eigenvalue weighted by Crippen LogP contribution is 1.95. The predicted molar refractivity (Wildman–Crippen MR) is 54.8 cm³/mol. The number of hydrogen-bond donors (Lipinski definition) is 2. The van der Waals surface area contributed by atoms with E-state index in [1.807, 2.05) is 6.92 Å². The number of nitrogens with two attached hydrogens (primary N) is 1. The Morgan fingerprint density at radius 3 is 3.07 bits per heavy atom. The first-order valence-corrected chi connectivity index (χ1v) is 4.64. The highest BCUT2D eigenvalue weighted by Gasteiger charge is 2.03. The molecule has 0 bridgehead atoms. The van der Waals surface area contributed by atoms with Gasteiger partial charge in [-0.1, -0.05) is 0 Å². The van der Waals surface area contributed by atoms with E-state index < -0.39 is 0 Å². The zero-order chi connectivity index (χ0) is 10.4. The molecule has 1 aromatic heterocycles. The first-order valence-electron chi connectivity index (χ1n) is 4.64. The number of rotatable bonds is 4. The lowest BCUT2D eigenvalue weighted by Crippen LogP contribution is -2.28. The molecule has 1 atom stereocenters. The second-order valence-corrected chi connectivity index (χ2v) is 3.26. The van der Waals surface area contributed by atoms with Crippen molar-refractivity contribution in [3.63, 3.8) is 0 Å². The summed E-state index contributed by atoms with van der Waals surface area (Å²) in [5, 5.41) is 2.77. The fraction of sp³-hybridized carbons (Fsp3) is 0.400. The van der Waals surface area contributed by atoms with Crippen molar-refractivity contribution in [2.45, 2.75) is 19.4 Å². The van der Waals surface area contributed by atoms with E-state index in [-0.39, 0.29) is 11.9 Å². The number of hydrogen-bond acceptors (Lipinski definition) is 3. The molecule has 3 N–H and O–H groups in total. The van der Waals surface area contributed by atoms with E-state index in [4.69, 9.17) is 5.73 Å². The van der Waals surface area contributed by atoms with Crippen molar-refractivity contribution in [3.8, 4) is 0 Å². The minimum Gasteiger partial charge on any atom is -0.352 e. The van der Waals surface area contributed by atoms with Crippen LogP contribution in [0.25, 0.3) is 0 Å². The van der Waals surface area contributed by atoms with Crippen LogP contribution in [0.4, 0.5) is 0 Å². The van der Waals surface area contributed by atoms with Gasteiger partial charge in [0, 0.05) is 25.0 Å². The van der Waals surface area contributed by atoms with Gasteiger partial charge in [0.15, 0.2) is 0 Å². The Balaban J connectivity index is 2.36. The summed E-state index contributed by atoms with van der Waals surface area (Å²) in [6.45, 7) is 2.52. The van der Waals surface area contributed by atoms with Crippen molar-refractivity contribution >= 4 is 5.91 Å². The minimum atomic E-state index is -0.0984. The van der Waals surface area contributed by atoms with Crippen molar-refractivity contribution < 1.29 is 4.79 Å². The molecule has 0 saturated carbocycles. The number of pyridine rings is 1. The molecule has 14 heavy (non-hydrogen) atoms. The Morgan fingerprint density at radius 2 is 2.50 bits per heavy atom. The van der Waals surface area contributed by atoms with Crippen LogP contribution in [0.3, 0.4) is 0 Å². The topological polar surface area (TPSA) is 68.0 Å². The maximum atomic E-state index is 11.4. The van der Waals surface area contributed by atoms with E-state index in [0.717, 1.165) is 6.42 Å². The molecule has 1 unspecified atom stereocenters. The second-order valence-electron chi connectivity index (χ2n) is 3.26. The number of amides is 1. The van der Waals surface area contributed by atoms with E-state index in [9.17, 15) is 4.79 Å². The summed E-state index contributed by atoms with van der Waals surface area (Å²) in [6, 6.07) is 3.58. The van der Waals surface area contributed by atoms with Crippen LogP contribution in [-0.4, -0.2) is 23.5 Å². The van der Waals surface area contributed by atoms with Crippen LogP contribution >= 0.6 is 0 Å². The van der Waals surface area contributed by atoms with Crippen molar-refractivity contribution in [1.29, 1.82) is 0 Å². The Morgan fingerprint density at radius 1 is 1.71 bits per heavy atom. The summed E-state index contributed by atoms with van der Waals surface area (Å²) in [5.41, 5.74) is 6.13. The zero-order valence-electron chi connectivity index (χ0n) is 8.23. The van der Waals surface area contributed by atoms with Crippen LogP contribution in [0.2, 0.25) is 0 Å². The van der Waals surface area contributed by atoms with Crippen molar-refractivity contribution in [3.05, 3.63) is 30.1 Å². The fourth-order valence-corrected chi connectivity index (χ4v) is 1.01. The van der Waals surface area contributed by atoms with E-state index in [1.54, 1.807) is 24.5 Å². The average Bonchev–Trinajstić information content (AvgIpc) is 2.18. The quantitative estimate of drug-likeness (QED) is 0.733. The van der Waals surface area contributed by atoms with Crippen molar-refractivity contribution in [2.24, 2.45) is 5.73 Å². The number of nitrogens with zero attached hydrogens (tertiary/aromatic N) is 1. The average molecular weight is 193 g/mol. The van der Waals surface area contributed by atoms with Crippen molar-refractivity contribution in [2.75, 3.05) is 6.54 Å². The van der Waals surface area contributed by atoms with Crippen LogP contribution in [0, 0.1) is 0 Å². The Hall–Kier alpha value is -1.42. The fourth-order valence-electron chi connectivity index (χ4n) is 1.01. The van der Waals surface area contributed by atoms with Gasteiger partial charge in [-0.05, 0) is 25.5 Å². The lowest BCUT2D eigenvalue weighted by Gasteiger charge is -2.06. The van der Waals surface area contributed by atoms with Crippen molar-refractivity contribution in [1.82, 2.24) is 10.3 Å². The highest BCUT2D eigenvalue weighted by molar-refractivity contribution is 5.93. The SMILES string of the molecule is CC(N)CCNC(=O)c1cccnc1. The standard InChI is InChI=1S/C10H15N3O/c1-8(11)4-6-13-10(14)9-3-2-5-12-7-9/h2-3,5,7-8H,4,6,11H2,1H3,(H,13,14). The molecule has 4 heteroatoms. The number of nitrogens with one attached hydrogen (secondary N) is 1. The predicted octanol–water partition coefficient (Wildman–Crippen LogP) is 0.549. The molecule has 0 aliphatic carbocycles. The third-order valence-corrected chi connectivity index (χ3v) is 1.81. The Labute approximate surface area is 83.5 Å². The Kier molecular flexibility index (Phi) is 4.07. The Bertz CT molecular complexity index is 285. The molecule has 0 spiro atoms. The molecular weight excluding hydrogens is 178 g/mol. The van der Waals surface area contributed by atoms with E-state index in [1.165, 1.54) is 0 Å². The van der Waals surface area contributed by atoms with E-state index in [2.05, 4.69) is 10.3 Å². The third kappa shape index (κ3) is 3.53. The number of carbonyl (C=O) groups is 1. The van der Waals surface area contributed by atoms with Gasteiger partial charge in [0.05, 0.1) is 5.56 Å². The minimum absolute atomic E-state index is 0.0984. The monoisotopic (exact) mass is 193 g/mol. The number of aromatic nitrogens is 1. The smallest absolute Gasteiger partial charge is 0.252 e. The van der Waals surface area contributed by atoms with Crippen LogP contribution < -0.4 is 11.1 Å². The lowest BCUT2D eigenvalue weighted by atomic mass is 10.2. The maximum absolute atomic E-state index is 11.4. The van der Waals surface area contributed by atoms with Gasteiger partial charge in [-0.3, -0.25) is 9.78 Å². The summed E-state index contributed by atoms with van der Waals surface area (Å²) in [5.74, 6) is -0.0984. The van der Waals surface area contributed by atoms with Gasteiger partial charge < -0.3 is 11.1 Å². The van der Waals surface area contributed by atoms with Gasteiger partial charge in [0.1, 0.15) is 0 Å². The van der Waals surface area contributed by atoms with Crippen LogP contribution in [-0.2, 0) is 0 Å². The molecule has 1 rings (SSSR count). The summed E-state index contributed by atoms with van der Waals surface area (Å²) < 4.78 is 0. The molecule has 0 fully saturated rings. The first-order chi connectivity index (χ1) is 6.70. The normalized spacial score (nSPS) is 12.1. The molecule has 1 heterocycles. The molecule has 0 aliphatic rings. The molecule has 76 valence electrons. The molecule has 4 nitrogen and oxygen atoms in total. The van der Waals surface area contributed by atoms with Gasteiger partial charge in [-0.2, -0.15) is 0 Å². The molecule has 0 aliphatic heterocycles. The van der Waals surface area contributed by atoms with Gasteiger partial charge in [-0.25, -0.2) is 0 Å². The van der Waals surface area contributed by atoms with Crippen LogP contribution in [0.5, 0.6) is 0 Å². The van der Waals surface area contributed by atoms with Gasteiger partial charge >= 0.3 is 0 Å². The largest absolute Gasteiger partial charge is 0.352 e. The highest BCUT2D eigenvalue weighted by atomic mass is 16.1. The molecular formula is C10H15N3O. The van der Waals surface area contributed by atoms with Gasteiger partial charge in [0.2, 0.25) is 0 Å². The van der Waals surface area contributed by atoms with Gasteiger partial charge in [0.25, 0.3) is 5.91 Å². The van der Waals surface area contributed by atoms with Crippen LogP contribution in [0.1, 0.15) is 23.7 Å². The van der Waals surface area contributed by atoms with Gasteiger partial charge in [-0.15, -0.1) is 0 Å². The summed E-state index contributed by atoms with van der Waals surface area (Å²) >= 11 is 0. The number of carbonyl (C=O) groups excluding carboxylic acids is 1. The molecule has 1 aromatic rings. The second kappa shape index (κ2) is 5.34. The maximum Gasteiger partial charge on any atom is 0.252 e. The molecule has 0 saturated heterocycles. The zero-order valence-corrected chi connectivity index (χ0v) is 8.23. The van der Waals surface area contributed by atoms with E-state index in [0.29, 0.717) is 12.1 Å². The summed E-state index contributed by atoms with van der Waals surface area (Å²) in [6.07, 6.45) is 3.96. The lowest BCUT2D eigenvalue weighted by molar-refractivity contribution is 0.0952. The summed E-state index contributed by atoms with van der Waals surface area (Å²) in [4.78, 5) is 15.3. The van der Waals surface area contributed by atoms with E-state index >= 15 is 0 Å². The summed E-state index contributed by atoms with van der Waals surface area (Å²) in [7, 11) is 0. The first kappa shape index (κ1) is 10.7. The molecule has 0 aromatic carbocycles. The van der Waals surface area contributed by atoms with Crippen LogP contribution in [0.15, 0.2) is 24.5 Å².